The van der Waals surface area contributed by atoms with Crippen molar-refractivity contribution in [1.82, 2.24) is 14.5 Å². The molecule has 2 aromatic heterocycles. The molecule has 0 radical (unpaired) electrons. The fourth-order valence-corrected chi connectivity index (χ4v) is 3.37. The fourth-order valence-electron chi connectivity index (χ4n) is 2.96. The van der Waals surface area contributed by atoms with E-state index in [2.05, 4.69) is 17.2 Å². The monoisotopic (exact) mass is 380 g/mol. The second kappa shape index (κ2) is 7.67. The summed E-state index contributed by atoms with van der Waals surface area (Å²) < 4.78 is 1.83. The zero-order chi connectivity index (χ0) is 18.0. The van der Waals surface area contributed by atoms with E-state index >= 15 is 0 Å². The van der Waals surface area contributed by atoms with Crippen molar-refractivity contribution < 1.29 is 4.79 Å². The standard InChI is InChI=1S/C18H22Cl2N4O/c1-12-5-7-24(8-6-12)18(25)13-3-4-16(21-10-13)22-11-14-9-15(19)17(20)23(14)2/h3-4,9-10,12H,5-8,11H2,1-2H3,(H,21,22). The van der Waals surface area contributed by atoms with Crippen molar-refractivity contribution in [3.05, 3.63) is 45.8 Å². The lowest BCUT2D eigenvalue weighted by Gasteiger charge is -2.30. The van der Waals surface area contributed by atoms with Gasteiger partial charge in [0.2, 0.25) is 0 Å². The molecular weight excluding hydrogens is 359 g/mol. The van der Waals surface area contributed by atoms with E-state index in [-0.39, 0.29) is 5.91 Å². The van der Waals surface area contributed by atoms with Gasteiger partial charge in [-0.1, -0.05) is 30.1 Å². The highest BCUT2D eigenvalue weighted by molar-refractivity contribution is 6.41. The molecule has 1 N–H and O–H groups in total. The lowest BCUT2D eigenvalue weighted by atomic mass is 9.99. The number of hydrogen-bond donors (Lipinski definition) is 1. The second-order valence-electron chi connectivity index (χ2n) is 6.59. The first-order valence-electron chi connectivity index (χ1n) is 8.44. The SMILES string of the molecule is CC1CCN(C(=O)c2ccc(NCc3cc(Cl)c(Cl)n3C)nc2)CC1. The van der Waals surface area contributed by atoms with Crippen LogP contribution in [0.3, 0.4) is 0 Å². The van der Waals surface area contributed by atoms with Gasteiger partial charge in [0, 0.05) is 32.0 Å². The van der Waals surface area contributed by atoms with Crippen LogP contribution in [0, 0.1) is 5.92 Å². The zero-order valence-electron chi connectivity index (χ0n) is 14.4. The molecule has 0 aliphatic carbocycles. The molecular formula is C18H22Cl2N4O. The predicted octanol–water partition coefficient (Wildman–Crippen LogP) is 4.21. The number of anilines is 1. The maximum absolute atomic E-state index is 12.5. The average molecular weight is 381 g/mol. The normalized spacial score (nSPS) is 15.4. The van der Waals surface area contributed by atoms with Gasteiger partial charge < -0.3 is 14.8 Å². The molecule has 0 bridgehead atoms. The van der Waals surface area contributed by atoms with Gasteiger partial charge >= 0.3 is 0 Å². The van der Waals surface area contributed by atoms with E-state index < -0.39 is 0 Å². The minimum Gasteiger partial charge on any atom is -0.364 e. The van der Waals surface area contributed by atoms with Gasteiger partial charge in [-0.05, 0) is 37.0 Å². The number of halogens is 2. The highest BCUT2D eigenvalue weighted by atomic mass is 35.5. The number of nitrogens with one attached hydrogen (secondary N) is 1. The van der Waals surface area contributed by atoms with Crippen LogP contribution < -0.4 is 5.32 Å². The number of aromatic nitrogens is 2. The molecule has 1 aliphatic heterocycles. The number of nitrogens with zero attached hydrogens (tertiary/aromatic N) is 3. The Kier molecular flexibility index (Phi) is 5.54. The van der Waals surface area contributed by atoms with E-state index in [1.807, 2.05) is 34.7 Å². The molecule has 1 aliphatic rings. The molecule has 0 aromatic carbocycles. The maximum Gasteiger partial charge on any atom is 0.255 e. The zero-order valence-corrected chi connectivity index (χ0v) is 15.9. The van der Waals surface area contributed by atoms with Crippen molar-refractivity contribution in [2.24, 2.45) is 13.0 Å². The van der Waals surface area contributed by atoms with Gasteiger partial charge in [-0.2, -0.15) is 0 Å². The van der Waals surface area contributed by atoms with Crippen molar-refractivity contribution in [2.75, 3.05) is 18.4 Å². The number of piperidine rings is 1. The number of hydrogen-bond acceptors (Lipinski definition) is 3. The molecule has 3 heterocycles. The molecule has 2 aromatic rings. The van der Waals surface area contributed by atoms with Crippen LogP contribution in [-0.4, -0.2) is 33.4 Å². The fraction of sp³-hybridized carbons (Fsp3) is 0.444. The van der Waals surface area contributed by atoms with E-state index in [1.54, 1.807) is 6.20 Å². The first-order chi connectivity index (χ1) is 12.0. The Morgan fingerprint density at radius 3 is 2.60 bits per heavy atom. The molecule has 0 atom stereocenters. The summed E-state index contributed by atoms with van der Waals surface area (Å²) in [4.78, 5) is 18.8. The van der Waals surface area contributed by atoms with Gasteiger partial charge in [-0.15, -0.1) is 0 Å². The van der Waals surface area contributed by atoms with Gasteiger partial charge in [0.1, 0.15) is 11.0 Å². The van der Waals surface area contributed by atoms with Crippen molar-refractivity contribution in [3.63, 3.8) is 0 Å². The quantitative estimate of drug-likeness (QED) is 0.863. The number of carbonyl (C=O) groups excluding carboxylic acids is 1. The summed E-state index contributed by atoms with van der Waals surface area (Å²) >= 11 is 12.1. The summed E-state index contributed by atoms with van der Waals surface area (Å²) in [6.07, 6.45) is 3.77. The van der Waals surface area contributed by atoms with Crippen LogP contribution in [0.1, 0.15) is 35.8 Å². The number of carbonyl (C=O) groups is 1. The third kappa shape index (κ3) is 4.10. The van der Waals surface area contributed by atoms with Crippen LogP contribution in [0.2, 0.25) is 10.2 Å². The van der Waals surface area contributed by atoms with E-state index in [1.165, 1.54) is 0 Å². The van der Waals surface area contributed by atoms with E-state index in [0.717, 1.165) is 31.6 Å². The first kappa shape index (κ1) is 18.1. The highest BCUT2D eigenvalue weighted by Crippen LogP contribution is 2.25. The molecule has 0 unspecified atom stereocenters. The maximum atomic E-state index is 12.5. The molecule has 1 fully saturated rings. The van der Waals surface area contributed by atoms with Gasteiger partial charge in [-0.25, -0.2) is 4.98 Å². The molecule has 7 heteroatoms. The Hall–Kier alpha value is -1.72. The highest BCUT2D eigenvalue weighted by Gasteiger charge is 2.21. The van der Waals surface area contributed by atoms with Crippen molar-refractivity contribution in [1.29, 1.82) is 0 Å². The van der Waals surface area contributed by atoms with Gasteiger partial charge in [0.05, 0.1) is 17.1 Å². The Morgan fingerprint density at radius 1 is 1.32 bits per heavy atom. The number of amides is 1. The summed E-state index contributed by atoms with van der Waals surface area (Å²) in [6.45, 7) is 4.44. The van der Waals surface area contributed by atoms with E-state index in [0.29, 0.717) is 34.0 Å². The molecule has 1 saturated heterocycles. The lowest BCUT2D eigenvalue weighted by Crippen LogP contribution is -2.37. The summed E-state index contributed by atoms with van der Waals surface area (Å²) in [5.41, 5.74) is 1.59. The minimum atomic E-state index is 0.0620. The molecule has 5 nitrogen and oxygen atoms in total. The molecule has 1 amide bonds. The second-order valence-corrected chi connectivity index (χ2v) is 7.36. The van der Waals surface area contributed by atoms with E-state index in [4.69, 9.17) is 23.2 Å². The smallest absolute Gasteiger partial charge is 0.255 e. The Bertz CT molecular complexity index is 749. The molecule has 25 heavy (non-hydrogen) atoms. The van der Waals surface area contributed by atoms with Crippen LogP contribution in [0.5, 0.6) is 0 Å². The predicted molar refractivity (Wildman–Crippen MR) is 101 cm³/mol. The van der Waals surface area contributed by atoms with Gasteiger partial charge in [0.25, 0.3) is 5.91 Å². The van der Waals surface area contributed by atoms with Gasteiger partial charge in [0.15, 0.2) is 0 Å². The Morgan fingerprint density at radius 2 is 2.04 bits per heavy atom. The topological polar surface area (TPSA) is 50.2 Å². The third-order valence-corrected chi connectivity index (χ3v) is 5.59. The molecule has 134 valence electrons. The van der Waals surface area contributed by atoms with Crippen LogP contribution in [-0.2, 0) is 13.6 Å². The summed E-state index contributed by atoms with van der Waals surface area (Å²) in [5, 5.41) is 4.27. The van der Waals surface area contributed by atoms with Crippen LogP contribution in [0.15, 0.2) is 24.4 Å². The summed E-state index contributed by atoms with van der Waals surface area (Å²) in [6, 6.07) is 5.47. The van der Waals surface area contributed by atoms with Crippen molar-refractivity contribution >= 4 is 34.9 Å². The summed E-state index contributed by atoms with van der Waals surface area (Å²) in [5.74, 6) is 1.47. The molecule has 0 spiro atoms. The average Bonchev–Trinajstić information content (AvgIpc) is 2.87. The number of pyridine rings is 1. The van der Waals surface area contributed by atoms with Crippen LogP contribution >= 0.6 is 23.2 Å². The van der Waals surface area contributed by atoms with E-state index in [9.17, 15) is 4.79 Å². The minimum absolute atomic E-state index is 0.0620. The number of rotatable bonds is 4. The Labute approximate surface area is 157 Å². The first-order valence-corrected chi connectivity index (χ1v) is 9.20. The lowest BCUT2D eigenvalue weighted by molar-refractivity contribution is 0.0697. The third-order valence-electron chi connectivity index (χ3n) is 4.75. The van der Waals surface area contributed by atoms with Crippen LogP contribution in [0.4, 0.5) is 5.82 Å². The number of likely N-dealkylation sites (tertiary alicyclic amines) is 1. The molecule has 3 rings (SSSR count). The van der Waals surface area contributed by atoms with Crippen molar-refractivity contribution in [2.45, 2.75) is 26.3 Å². The van der Waals surface area contributed by atoms with Crippen LogP contribution in [0.25, 0.3) is 0 Å². The van der Waals surface area contributed by atoms with Crippen molar-refractivity contribution in [3.8, 4) is 0 Å². The Balaban J connectivity index is 1.60. The summed E-state index contributed by atoms with van der Waals surface area (Å²) in [7, 11) is 1.86. The van der Waals surface area contributed by atoms with Gasteiger partial charge in [-0.3, -0.25) is 4.79 Å². The largest absolute Gasteiger partial charge is 0.364 e. The molecule has 0 saturated carbocycles.